The van der Waals surface area contributed by atoms with E-state index in [4.69, 9.17) is 4.42 Å². The number of rotatable bonds is 5. The monoisotopic (exact) mass is 358 g/mol. The summed E-state index contributed by atoms with van der Waals surface area (Å²) in [6, 6.07) is 10.4. The number of carbonyl (C=O) groups is 1. The number of amides is 1. The summed E-state index contributed by atoms with van der Waals surface area (Å²) >= 11 is 0. The molecule has 2 heterocycles. The number of halogens is 1. The first-order valence-corrected chi connectivity index (χ1v) is 9.21. The van der Waals surface area contributed by atoms with Crippen molar-refractivity contribution >= 4 is 5.91 Å². The molecule has 26 heavy (non-hydrogen) atoms. The molecule has 0 N–H and O–H groups in total. The lowest BCUT2D eigenvalue weighted by molar-refractivity contribution is 0.0749. The van der Waals surface area contributed by atoms with Gasteiger partial charge in [-0.25, -0.2) is 4.39 Å². The van der Waals surface area contributed by atoms with E-state index in [0.717, 1.165) is 31.7 Å². The van der Waals surface area contributed by atoms with E-state index in [-0.39, 0.29) is 17.3 Å². The molecule has 5 heteroatoms. The molecule has 0 spiro atoms. The summed E-state index contributed by atoms with van der Waals surface area (Å²) < 4.78 is 19.9. The number of likely N-dealkylation sites (tertiary alicyclic amines) is 1. The number of hydrogen-bond acceptors (Lipinski definition) is 3. The Morgan fingerprint density at radius 3 is 2.46 bits per heavy atom. The summed E-state index contributed by atoms with van der Waals surface area (Å²) in [6.45, 7) is 8.87. The average Bonchev–Trinajstić information content (AvgIpc) is 3.26. The van der Waals surface area contributed by atoms with E-state index in [9.17, 15) is 9.18 Å². The predicted molar refractivity (Wildman–Crippen MR) is 99.2 cm³/mol. The van der Waals surface area contributed by atoms with Crippen molar-refractivity contribution in [3.05, 3.63) is 59.3 Å². The van der Waals surface area contributed by atoms with Gasteiger partial charge in [0.05, 0.1) is 6.54 Å². The Hall–Kier alpha value is -2.14. The molecule has 1 saturated heterocycles. The molecule has 2 aromatic rings. The minimum absolute atomic E-state index is 0.0369. The smallest absolute Gasteiger partial charge is 0.289 e. The van der Waals surface area contributed by atoms with Gasteiger partial charge in [-0.2, -0.15) is 0 Å². The third kappa shape index (κ3) is 4.33. The number of nitrogens with zero attached hydrogens (tertiary/aromatic N) is 2. The fourth-order valence-corrected chi connectivity index (χ4v) is 3.20. The highest BCUT2D eigenvalue weighted by molar-refractivity contribution is 5.91. The molecule has 0 aliphatic carbocycles. The van der Waals surface area contributed by atoms with Crippen LogP contribution < -0.4 is 0 Å². The molecule has 1 aromatic carbocycles. The standard InChI is InChI=1S/C21H27FN2O2/c1-21(2,3)24(14-16-8-4-5-9-18(16)22)15-17-10-11-19(26-17)20(25)23-12-6-7-13-23/h4-5,8-11H,6-7,12-15H2,1-3H3. The Morgan fingerprint density at radius 2 is 1.81 bits per heavy atom. The van der Waals surface area contributed by atoms with Gasteiger partial charge in [0.2, 0.25) is 0 Å². The van der Waals surface area contributed by atoms with Crippen molar-refractivity contribution in [3.8, 4) is 0 Å². The van der Waals surface area contributed by atoms with Gasteiger partial charge < -0.3 is 9.32 Å². The van der Waals surface area contributed by atoms with Crippen LogP contribution in [0.4, 0.5) is 4.39 Å². The molecule has 1 amide bonds. The molecule has 0 saturated carbocycles. The van der Waals surface area contributed by atoms with Crippen molar-refractivity contribution in [2.45, 2.75) is 52.2 Å². The zero-order chi connectivity index (χ0) is 18.7. The topological polar surface area (TPSA) is 36.7 Å². The van der Waals surface area contributed by atoms with Gasteiger partial charge in [-0.05, 0) is 51.8 Å². The van der Waals surface area contributed by atoms with Crippen molar-refractivity contribution in [2.75, 3.05) is 13.1 Å². The molecule has 0 unspecified atom stereocenters. The Morgan fingerprint density at radius 1 is 1.12 bits per heavy atom. The lowest BCUT2D eigenvalue weighted by Crippen LogP contribution is -2.40. The molecule has 1 aromatic heterocycles. The van der Waals surface area contributed by atoms with Crippen LogP contribution in [0.2, 0.25) is 0 Å². The van der Waals surface area contributed by atoms with Crippen LogP contribution in [0, 0.1) is 5.82 Å². The first-order chi connectivity index (χ1) is 12.3. The first-order valence-electron chi connectivity index (χ1n) is 9.21. The van der Waals surface area contributed by atoms with Crippen LogP contribution in [0.5, 0.6) is 0 Å². The number of hydrogen-bond donors (Lipinski definition) is 0. The summed E-state index contributed by atoms with van der Waals surface area (Å²) in [5.41, 5.74) is 0.483. The summed E-state index contributed by atoms with van der Waals surface area (Å²) in [4.78, 5) is 16.4. The summed E-state index contributed by atoms with van der Waals surface area (Å²) in [6.07, 6.45) is 2.11. The quantitative estimate of drug-likeness (QED) is 0.792. The largest absolute Gasteiger partial charge is 0.455 e. The zero-order valence-electron chi connectivity index (χ0n) is 15.8. The third-order valence-corrected chi connectivity index (χ3v) is 4.88. The minimum atomic E-state index is -0.203. The fraction of sp³-hybridized carbons (Fsp3) is 0.476. The van der Waals surface area contributed by atoms with Crippen LogP contribution in [0.25, 0.3) is 0 Å². The second-order valence-electron chi connectivity index (χ2n) is 7.88. The maximum absolute atomic E-state index is 14.1. The molecule has 140 valence electrons. The van der Waals surface area contributed by atoms with Crippen molar-refractivity contribution in [1.29, 1.82) is 0 Å². The van der Waals surface area contributed by atoms with Gasteiger partial charge in [0, 0.05) is 30.7 Å². The molecule has 0 atom stereocenters. The SMILES string of the molecule is CC(C)(C)N(Cc1ccc(C(=O)N2CCCC2)o1)Cc1ccccc1F. The molecular weight excluding hydrogens is 331 g/mol. The van der Waals surface area contributed by atoms with Crippen molar-refractivity contribution in [3.63, 3.8) is 0 Å². The van der Waals surface area contributed by atoms with E-state index < -0.39 is 0 Å². The Balaban J connectivity index is 1.73. The maximum atomic E-state index is 14.1. The van der Waals surface area contributed by atoms with Crippen LogP contribution >= 0.6 is 0 Å². The van der Waals surface area contributed by atoms with E-state index >= 15 is 0 Å². The van der Waals surface area contributed by atoms with Gasteiger partial charge in [-0.15, -0.1) is 0 Å². The van der Waals surface area contributed by atoms with E-state index in [0.29, 0.717) is 24.4 Å². The van der Waals surface area contributed by atoms with E-state index in [1.54, 1.807) is 18.2 Å². The normalized spacial score (nSPS) is 15.0. The zero-order valence-corrected chi connectivity index (χ0v) is 15.8. The summed E-state index contributed by atoms with van der Waals surface area (Å²) in [5, 5.41) is 0. The second-order valence-corrected chi connectivity index (χ2v) is 7.88. The average molecular weight is 358 g/mol. The Labute approximate surface area is 154 Å². The number of benzene rings is 1. The second kappa shape index (κ2) is 7.62. The highest BCUT2D eigenvalue weighted by atomic mass is 19.1. The van der Waals surface area contributed by atoms with E-state index in [1.807, 2.05) is 17.0 Å². The van der Waals surface area contributed by atoms with Crippen LogP contribution in [-0.4, -0.2) is 34.3 Å². The number of carbonyl (C=O) groups excluding carboxylic acids is 1. The third-order valence-electron chi connectivity index (χ3n) is 4.88. The van der Waals surface area contributed by atoms with Gasteiger partial charge in [-0.1, -0.05) is 18.2 Å². The molecule has 4 nitrogen and oxygen atoms in total. The van der Waals surface area contributed by atoms with E-state index in [1.165, 1.54) is 6.07 Å². The first kappa shape index (κ1) is 18.6. The molecular formula is C21H27FN2O2. The maximum Gasteiger partial charge on any atom is 0.289 e. The summed E-state index contributed by atoms with van der Waals surface area (Å²) in [7, 11) is 0. The van der Waals surface area contributed by atoms with Crippen LogP contribution in [0.3, 0.4) is 0 Å². The van der Waals surface area contributed by atoms with Crippen molar-refractivity contribution in [1.82, 2.24) is 9.80 Å². The van der Waals surface area contributed by atoms with Crippen molar-refractivity contribution < 1.29 is 13.6 Å². The molecule has 3 rings (SSSR count). The number of furan rings is 1. The molecule has 0 bridgehead atoms. The Kier molecular flexibility index (Phi) is 5.47. The Bertz CT molecular complexity index is 757. The molecule has 1 aliphatic rings. The minimum Gasteiger partial charge on any atom is -0.455 e. The fourth-order valence-electron chi connectivity index (χ4n) is 3.20. The van der Waals surface area contributed by atoms with Gasteiger partial charge in [-0.3, -0.25) is 9.69 Å². The van der Waals surface area contributed by atoms with Crippen LogP contribution in [0.15, 0.2) is 40.8 Å². The molecule has 0 radical (unpaired) electrons. The predicted octanol–water partition coefficient (Wildman–Crippen LogP) is 4.46. The van der Waals surface area contributed by atoms with Crippen LogP contribution in [-0.2, 0) is 13.1 Å². The van der Waals surface area contributed by atoms with Gasteiger partial charge in [0.15, 0.2) is 5.76 Å². The lowest BCUT2D eigenvalue weighted by Gasteiger charge is -2.35. The molecule has 1 aliphatic heterocycles. The summed E-state index contributed by atoms with van der Waals surface area (Å²) in [5.74, 6) is 0.872. The van der Waals surface area contributed by atoms with Gasteiger partial charge >= 0.3 is 0 Å². The highest BCUT2D eigenvalue weighted by Gasteiger charge is 2.26. The van der Waals surface area contributed by atoms with Crippen LogP contribution in [0.1, 0.15) is 55.5 Å². The lowest BCUT2D eigenvalue weighted by atomic mass is 10.0. The highest BCUT2D eigenvalue weighted by Crippen LogP contribution is 2.23. The molecule has 1 fully saturated rings. The van der Waals surface area contributed by atoms with Gasteiger partial charge in [0.25, 0.3) is 5.91 Å². The van der Waals surface area contributed by atoms with Gasteiger partial charge in [0.1, 0.15) is 11.6 Å². The van der Waals surface area contributed by atoms with Crippen molar-refractivity contribution in [2.24, 2.45) is 0 Å². The van der Waals surface area contributed by atoms with E-state index in [2.05, 4.69) is 25.7 Å².